The minimum atomic E-state index is -0.976. The summed E-state index contributed by atoms with van der Waals surface area (Å²) >= 11 is 9.47. The predicted molar refractivity (Wildman–Crippen MR) is 306 cm³/mol. The Morgan fingerprint density at radius 3 is 2.16 bits per heavy atom. The summed E-state index contributed by atoms with van der Waals surface area (Å²) in [6.07, 6.45) is 1.06. The number of β-amino-alcohol motifs (C(OH)–C–C–N with tert-alkyl or cyclic N) is 1. The second kappa shape index (κ2) is 28.6. The first kappa shape index (κ1) is 60.7. The van der Waals surface area contributed by atoms with Crippen LogP contribution in [0.3, 0.4) is 0 Å². The molecular formula is C56H71ClN12O10S2. The number of hydrogen-bond acceptors (Lipinski definition) is 18. The molecule has 8 rings (SSSR count). The normalized spacial score (nSPS) is 16.4. The number of aliphatic hydroxyl groups excluding tert-OH is 1. The van der Waals surface area contributed by atoms with Crippen LogP contribution in [0.5, 0.6) is 0 Å². The SMILES string of the molecule is Cc1ncsc1-c1ccc(CNC(=O)C2CC(O)CN2C(=O)C(NC(=O)COCCOCCOCCOCCOCc2cn(CCNC(=O)CC3N=C(c4ccc(Cl)cc4)c4c(sc(C)c4C)-n4c(C)nnc43)nn2)C(C)(C)C)cc1. The Morgan fingerprint density at radius 1 is 0.827 bits per heavy atom. The molecule has 4 N–H and O–H groups in total. The number of rotatable bonds is 28. The zero-order valence-electron chi connectivity index (χ0n) is 46.7. The molecule has 6 aromatic rings. The molecule has 0 aliphatic carbocycles. The summed E-state index contributed by atoms with van der Waals surface area (Å²) in [5.74, 6) is -0.174. The Balaban J connectivity index is 0.647. The van der Waals surface area contributed by atoms with Gasteiger partial charge in [0.2, 0.25) is 23.6 Å². The molecule has 22 nitrogen and oxygen atoms in total. The third kappa shape index (κ3) is 16.2. The number of likely N-dealkylation sites (tertiary alicyclic amines) is 1. The van der Waals surface area contributed by atoms with Crippen LogP contribution in [-0.4, -0.2) is 165 Å². The van der Waals surface area contributed by atoms with E-state index in [4.69, 9.17) is 40.3 Å². The van der Waals surface area contributed by atoms with Gasteiger partial charge in [0, 0.05) is 47.1 Å². The first-order chi connectivity index (χ1) is 38.9. The van der Waals surface area contributed by atoms with Crippen LogP contribution in [0.4, 0.5) is 0 Å². The first-order valence-corrected chi connectivity index (χ1v) is 29.0. The topological polar surface area (TPSA) is 261 Å². The number of aliphatic imine (C=N–C) groups is 1. The van der Waals surface area contributed by atoms with Gasteiger partial charge in [-0.15, -0.1) is 38.0 Å². The van der Waals surface area contributed by atoms with Gasteiger partial charge in [-0.3, -0.25) is 33.4 Å². The van der Waals surface area contributed by atoms with Gasteiger partial charge in [-0.2, -0.15) is 0 Å². The lowest BCUT2D eigenvalue weighted by molar-refractivity contribution is -0.144. The summed E-state index contributed by atoms with van der Waals surface area (Å²) in [5, 5.41) is 38.1. The van der Waals surface area contributed by atoms with Crippen molar-refractivity contribution < 1.29 is 48.0 Å². The van der Waals surface area contributed by atoms with Crippen molar-refractivity contribution >= 4 is 63.6 Å². The number of halogens is 1. The molecule has 25 heteroatoms. The van der Waals surface area contributed by atoms with Gasteiger partial charge in [0.25, 0.3) is 0 Å². The number of fused-ring (bicyclic) bond motifs is 3. The Morgan fingerprint density at radius 2 is 1.49 bits per heavy atom. The zero-order valence-corrected chi connectivity index (χ0v) is 49.1. The highest BCUT2D eigenvalue weighted by Crippen LogP contribution is 2.40. The Hall–Kier alpha value is -6.35. The number of nitrogens with one attached hydrogen (secondary N) is 3. The van der Waals surface area contributed by atoms with Gasteiger partial charge in [0.05, 0.1) is 107 Å². The molecule has 1 fully saturated rings. The highest BCUT2D eigenvalue weighted by molar-refractivity contribution is 7.15. The summed E-state index contributed by atoms with van der Waals surface area (Å²) in [5.41, 5.74) is 8.44. The van der Waals surface area contributed by atoms with Crippen LogP contribution in [0.15, 0.2) is 65.2 Å². The van der Waals surface area contributed by atoms with Crippen molar-refractivity contribution in [3.05, 3.63) is 115 Å². The number of ether oxygens (including phenoxy) is 5. The van der Waals surface area contributed by atoms with Gasteiger partial charge in [-0.05, 0) is 61.9 Å². The number of thiazole rings is 1. The number of carbonyl (C=O) groups excluding carboxylic acids is 4. The molecule has 6 heterocycles. The van der Waals surface area contributed by atoms with E-state index in [1.165, 1.54) is 9.78 Å². The Bertz CT molecular complexity index is 3120. The lowest BCUT2D eigenvalue weighted by Crippen LogP contribution is -2.58. The molecule has 0 bridgehead atoms. The number of aromatic nitrogens is 7. The molecule has 0 radical (unpaired) electrons. The molecule has 4 amide bonds. The highest BCUT2D eigenvalue weighted by atomic mass is 35.5. The smallest absolute Gasteiger partial charge is 0.246 e. The summed E-state index contributed by atoms with van der Waals surface area (Å²) in [6, 6.07) is 13.0. The number of thiophene rings is 1. The Labute approximate surface area is 483 Å². The standard InChI is InChI=1S/C56H71ClN12O10S2/c1-34-36(3)81-55-48(34)49(39-12-14-41(57)15-13-39)61-44(52-65-63-37(4)69(52)55)27-46(71)58-16-17-67-29-42(64-66-67)31-78-24-22-76-20-18-75-19-21-77-23-25-79-32-47(72)62-51(56(5,6)7)54(74)68-30-43(70)26-45(68)53(73)59-28-38-8-10-40(11-9-38)50-35(2)60-33-80-50/h8-15,29,33,43-45,51,70H,16-28,30-32H2,1-7H3,(H,58,71)(H,59,73)(H,62,72). The lowest BCUT2D eigenvalue weighted by Gasteiger charge is -2.35. The van der Waals surface area contributed by atoms with Crippen molar-refractivity contribution in [2.24, 2.45) is 10.4 Å². The van der Waals surface area contributed by atoms with E-state index < -0.39 is 41.5 Å². The van der Waals surface area contributed by atoms with E-state index in [1.807, 2.05) is 93.2 Å². The van der Waals surface area contributed by atoms with E-state index in [9.17, 15) is 24.3 Å². The van der Waals surface area contributed by atoms with E-state index in [0.717, 1.165) is 54.9 Å². The van der Waals surface area contributed by atoms with Crippen molar-refractivity contribution in [2.75, 3.05) is 72.6 Å². The number of aryl methyl sites for hydroxylation is 3. The van der Waals surface area contributed by atoms with Gasteiger partial charge in [0.15, 0.2) is 5.82 Å². The van der Waals surface area contributed by atoms with Crippen LogP contribution in [-0.2, 0) is 62.6 Å². The number of amides is 4. The quantitative estimate of drug-likeness (QED) is 0.0447. The van der Waals surface area contributed by atoms with Crippen LogP contribution < -0.4 is 16.0 Å². The van der Waals surface area contributed by atoms with E-state index in [2.05, 4.69) is 55.3 Å². The van der Waals surface area contributed by atoms with E-state index in [1.54, 1.807) is 33.6 Å². The second-order valence-electron chi connectivity index (χ2n) is 20.8. The van der Waals surface area contributed by atoms with Crippen LogP contribution >= 0.6 is 34.3 Å². The number of carbonyl (C=O) groups is 4. The summed E-state index contributed by atoms with van der Waals surface area (Å²) in [6.45, 7) is 16.9. The number of aliphatic hydroxyl groups is 1. The van der Waals surface area contributed by atoms with E-state index in [0.29, 0.717) is 69.3 Å². The number of hydrogen-bond donors (Lipinski definition) is 4. The van der Waals surface area contributed by atoms with Crippen LogP contribution in [0.25, 0.3) is 15.4 Å². The van der Waals surface area contributed by atoms with Gasteiger partial charge in [-0.25, -0.2) is 4.98 Å². The second-order valence-corrected chi connectivity index (χ2v) is 23.3. The molecule has 0 saturated carbocycles. The molecule has 2 aliphatic heterocycles. The maximum absolute atomic E-state index is 14.0. The third-order valence-corrected chi connectivity index (χ3v) is 16.1. The summed E-state index contributed by atoms with van der Waals surface area (Å²) in [4.78, 5) is 66.9. The van der Waals surface area contributed by atoms with Crippen molar-refractivity contribution in [1.82, 2.24) is 55.6 Å². The van der Waals surface area contributed by atoms with Gasteiger partial charge in [0.1, 0.15) is 41.3 Å². The largest absolute Gasteiger partial charge is 0.391 e. The molecule has 1 saturated heterocycles. The molecular weight excluding hydrogens is 1100 g/mol. The fourth-order valence-corrected chi connectivity index (χ4v) is 11.5. The summed E-state index contributed by atoms with van der Waals surface area (Å²) < 4.78 is 31.7. The third-order valence-electron chi connectivity index (χ3n) is 13.7. The number of nitrogens with zero attached hydrogens (tertiary/aromatic N) is 9. The fraction of sp³-hybridized carbons (Fsp3) is 0.500. The van der Waals surface area contributed by atoms with Crippen molar-refractivity contribution in [3.63, 3.8) is 0 Å². The molecule has 2 aromatic carbocycles. The summed E-state index contributed by atoms with van der Waals surface area (Å²) in [7, 11) is 0. The van der Waals surface area contributed by atoms with Crippen LogP contribution in [0.2, 0.25) is 5.02 Å². The molecule has 4 unspecified atom stereocenters. The molecule has 4 aromatic heterocycles. The van der Waals surface area contributed by atoms with E-state index in [-0.39, 0.29) is 64.2 Å². The Kier molecular flexibility index (Phi) is 21.4. The van der Waals surface area contributed by atoms with Gasteiger partial charge in [-0.1, -0.05) is 74.0 Å². The van der Waals surface area contributed by atoms with Crippen molar-refractivity contribution in [2.45, 2.75) is 105 Å². The minimum absolute atomic E-state index is 0.0251. The number of benzene rings is 2. The maximum atomic E-state index is 14.0. The molecule has 81 heavy (non-hydrogen) atoms. The first-order valence-electron chi connectivity index (χ1n) is 26.9. The van der Waals surface area contributed by atoms with Crippen LogP contribution in [0, 0.1) is 33.1 Å². The highest BCUT2D eigenvalue weighted by Gasteiger charge is 2.44. The van der Waals surface area contributed by atoms with Crippen molar-refractivity contribution in [1.29, 1.82) is 0 Å². The van der Waals surface area contributed by atoms with E-state index >= 15 is 0 Å². The molecule has 0 spiro atoms. The molecule has 434 valence electrons. The van der Waals surface area contributed by atoms with Gasteiger partial charge < -0.3 is 49.6 Å². The van der Waals surface area contributed by atoms with Crippen molar-refractivity contribution in [3.8, 4) is 15.4 Å². The monoisotopic (exact) mass is 1170 g/mol. The fourth-order valence-electron chi connectivity index (χ4n) is 9.31. The van der Waals surface area contributed by atoms with Gasteiger partial charge >= 0.3 is 0 Å². The zero-order chi connectivity index (χ0) is 57.6. The predicted octanol–water partition coefficient (Wildman–Crippen LogP) is 5.42. The molecule has 4 atom stereocenters. The average Bonchev–Trinajstić information content (AvgIpc) is 3.78. The molecule has 2 aliphatic rings. The average molecular weight is 1170 g/mol. The maximum Gasteiger partial charge on any atom is 0.246 e. The lowest BCUT2D eigenvalue weighted by atomic mass is 9.85. The minimum Gasteiger partial charge on any atom is -0.391 e. The van der Waals surface area contributed by atoms with Crippen LogP contribution in [0.1, 0.15) is 89.8 Å².